The van der Waals surface area contributed by atoms with Crippen LogP contribution in [-0.2, 0) is 14.3 Å². The highest BCUT2D eigenvalue weighted by Crippen LogP contribution is 2.29. The number of halogens is 1. The fourth-order valence-electron chi connectivity index (χ4n) is 2.11. The van der Waals surface area contributed by atoms with E-state index in [9.17, 15) is 9.59 Å². The molecule has 1 unspecified atom stereocenters. The summed E-state index contributed by atoms with van der Waals surface area (Å²) in [7, 11) is 1.38. The summed E-state index contributed by atoms with van der Waals surface area (Å²) in [6.45, 7) is 5.87. The lowest BCUT2D eigenvalue weighted by Crippen LogP contribution is -2.33. The van der Waals surface area contributed by atoms with Crippen molar-refractivity contribution in [2.24, 2.45) is 0 Å². The molecule has 0 aliphatic carbocycles. The minimum atomic E-state index is -0.520. The predicted octanol–water partition coefficient (Wildman–Crippen LogP) is 4.01. The number of alkyl carbamates (subject to hydrolysis) is 1. The molecular weight excluding hydrogens is 362 g/mol. The van der Waals surface area contributed by atoms with Crippen LogP contribution in [0, 0.1) is 0 Å². The molecule has 0 heterocycles. The van der Waals surface area contributed by atoms with Gasteiger partial charge in [0.05, 0.1) is 13.0 Å². The molecule has 0 fully saturated rings. The summed E-state index contributed by atoms with van der Waals surface area (Å²) in [6.07, 6.45) is 0.763. The first-order valence-electron chi connectivity index (χ1n) is 7.53. The Morgan fingerprint density at radius 3 is 2.48 bits per heavy atom. The minimum absolute atomic E-state index is 0.283. The van der Waals surface area contributed by atoms with Gasteiger partial charge in [-0.3, -0.25) is 4.79 Å². The fraction of sp³-hybridized carbons (Fsp3) is 0.529. The van der Waals surface area contributed by atoms with Crippen molar-refractivity contribution in [1.29, 1.82) is 0 Å². The highest BCUT2D eigenvalue weighted by atomic mass is 79.9. The van der Waals surface area contributed by atoms with Crippen LogP contribution in [0.1, 0.15) is 45.1 Å². The summed E-state index contributed by atoms with van der Waals surface area (Å²) >= 11 is 3.46. The quantitative estimate of drug-likeness (QED) is 0.593. The van der Waals surface area contributed by atoms with Crippen molar-refractivity contribution >= 4 is 28.0 Å². The van der Waals surface area contributed by atoms with E-state index in [-0.39, 0.29) is 11.9 Å². The molecule has 1 rings (SSSR count). The molecule has 0 bridgehead atoms. The molecule has 0 aromatic heterocycles. The summed E-state index contributed by atoms with van der Waals surface area (Å²) in [5.41, 5.74) is 0.365. The number of benzene rings is 1. The molecule has 6 heteroatoms. The molecule has 1 aromatic carbocycles. The Kier molecular flexibility index (Phi) is 7.55. The number of carbonyl (C=O) groups excluding carboxylic acids is 2. The van der Waals surface area contributed by atoms with E-state index < -0.39 is 11.7 Å². The second-order valence-electron chi connectivity index (χ2n) is 6.17. The molecule has 0 saturated carbocycles. The van der Waals surface area contributed by atoms with Crippen LogP contribution in [0.2, 0.25) is 0 Å². The first-order chi connectivity index (χ1) is 10.7. The van der Waals surface area contributed by atoms with Crippen molar-refractivity contribution in [3.63, 3.8) is 0 Å². The standard InChI is InChI=1S/C17H24BrNO4/c1-17(2,3)23-16(21)19-11-7-9-13(15(20)22-4)12-8-5-6-10-14(12)18/h5-6,8,10,13H,7,9,11H2,1-4H3,(H,19,21). The van der Waals surface area contributed by atoms with E-state index in [1.165, 1.54) is 7.11 Å². The Labute approximate surface area is 145 Å². The largest absolute Gasteiger partial charge is 0.469 e. The summed E-state index contributed by atoms with van der Waals surface area (Å²) in [6, 6.07) is 7.57. The number of hydrogen-bond donors (Lipinski definition) is 1. The van der Waals surface area contributed by atoms with Gasteiger partial charge in [0.15, 0.2) is 0 Å². The number of carbonyl (C=O) groups is 2. The summed E-state index contributed by atoms with van der Waals surface area (Å²) in [4.78, 5) is 23.6. The Morgan fingerprint density at radius 2 is 1.91 bits per heavy atom. The third-order valence-electron chi connectivity index (χ3n) is 3.10. The van der Waals surface area contributed by atoms with E-state index in [1.54, 1.807) is 0 Å². The number of hydrogen-bond acceptors (Lipinski definition) is 4. The smallest absolute Gasteiger partial charge is 0.407 e. The maximum Gasteiger partial charge on any atom is 0.407 e. The van der Waals surface area contributed by atoms with Gasteiger partial charge in [-0.25, -0.2) is 4.79 Å². The molecule has 0 saturated heterocycles. The third-order valence-corrected chi connectivity index (χ3v) is 3.83. The zero-order valence-electron chi connectivity index (χ0n) is 14.0. The number of rotatable bonds is 6. The third kappa shape index (κ3) is 7.03. The summed E-state index contributed by atoms with van der Waals surface area (Å²) < 4.78 is 10.9. The van der Waals surface area contributed by atoms with Crippen molar-refractivity contribution in [2.45, 2.75) is 45.1 Å². The predicted molar refractivity (Wildman–Crippen MR) is 92.4 cm³/mol. The van der Waals surface area contributed by atoms with E-state index in [2.05, 4.69) is 21.2 Å². The number of nitrogens with one attached hydrogen (secondary N) is 1. The highest BCUT2D eigenvalue weighted by Gasteiger charge is 2.23. The Bertz CT molecular complexity index is 540. The average molecular weight is 386 g/mol. The molecule has 0 aliphatic rings. The molecule has 23 heavy (non-hydrogen) atoms. The highest BCUT2D eigenvalue weighted by molar-refractivity contribution is 9.10. The van der Waals surface area contributed by atoms with Gasteiger partial charge in [0, 0.05) is 11.0 Å². The van der Waals surface area contributed by atoms with Gasteiger partial charge in [-0.1, -0.05) is 34.1 Å². The van der Waals surface area contributed by atoms with E-state index in [4.69, 9.17) is 9.47 Å². The number of amides is 1. The monoisotopic (exact) mass is 385 g/mol. The SMILES string of the molecule is COC(=O)C(CCCNC(=O)OC(C)(C)C)c1ccccc1Br. The molecule has 1 N–H and O–H groups in total. The number of ether oxygens (including phenoxy) is 2. The second-order valence-corrected chi connectivity index (χ2v) is 7.02. The first kappa shape index (κ1) is 19.5. The Hall–Kier alpha value is -1.56. The molecular formula is C17H24BrNO4. The van der Waals surface area contributed by atoms with E-state index in [0.717, 1.165) is 10.0 Å². The van der Waals surface area contributed by atoms with E-state index in [1.807, 2.05) is 45.0 Å². The van der Waals surface area contributed by atoms with Crippen molar-refractivity contribution < 1.29 is 19.1 Å². The van der Waals surface area contributed by atoms with Crippen LogP contribution in [-0.4, -0.2) is 31.3 Å². The van der Waals surface area contributed by atoms with Gasteiger partial charge in [-0.2, -0.15) is 0 Å². The van der Waals surface area contributed by atoms with Gasteiger partial charge < -0.3 is 14.8 Å². The summed E-state index contributed by atoms with van der Waals surface area (Å²) in [5.74, 6) is -0.648. The normalized spacial score (nSPS) is 12.4. The maximum absolute atomic E-state index is 12.0. The lowest BCUT2D eigenvalue weighted by Gasteiger charge is -2.20. The van der Waals surface area contributed by atoms with Gasteiger partial charge in [-0.05, 0) is 45.2 Å². The van der Waals surface area contributed by atoms with Crippen LogP contribution in [0.25, 0.3) is 0 Å². The molecule has 128 valence electrons. The zero-order valence-corrected chi connectivity index (χ0v) is 15.6. The molecule has 5 nitrogen and oxygen atoms in total. The van der Waals surface area contributed by atoms with Gasteiger partial charge in [0.25, 0.3) is 0 Å². The van der Waals surface area contributed by atoms with Crippen molar-refractivity contribution in [1.82, 2.24) is 5.32 Å². The van der Waals surface area contributed by atoms with E-state index in [0.29, 0.717) is 19.4 Å². The van der Waals surface area contributed by atoms with Crippen LogP contribution in [0.3, 0.4) is 0 Å². The van der Waals surface area contributed by atoms with Crippen molar-refractivity contribution in [3.05, 3.63) is 34.3 Å². The maximum atomic E-state index is 12.0. The molecule has 1 aromatic rings. The lowest BCUT2D eigenvalue weighted by atomic mass is 9.94. The van der Waals surface area contributed by atoms with Crippen LogP contribution >= 0.6 is 15.9 Å². The Morgan fingerprint density at radius 1 is 1.26 bits per heavy atom. The number of methoxy groups -OCH3 is 1. The fourth-order valence-corrected chi connectivity index (χ4v) is 2.67. The topological polar surface area (TPSA) is 64.6 Å². The van der Waals surface area contributed by atoms with Gasteiger partial charge in [0.2, 0.25) is 0 Å². The van der Waals surface area contributed by atoms with Crippen LogP contribution < -0.4 is 5.32 Å². The van der Waals surface area contributed by atoms with Crippen molar-refractivity contribution in [3.8, 4) is 0 Å². The van der Waals surface area contributed by atoms with E-state index >= 15 is 0 Å². The van der Waals surface area contributed by atoms with Crippen LogP contribution in [0.4, 0.5) is 4.79 Å². The molecule has 0 spiro atoms. The zero-order chi connectivity index (χ0) is 17.5. The number of esters is 1. The lowest BCUT2D eigenvalue weighted by molar-refractivity contribution is -0.142. The van der Waals surface area contributed by atoms with Crippen LogP contribution in [0.5, 0.6) is 0 Å². The molecule has 1 amide bonds. The summed E-state index contributed by atoms with van der Waals surface area (Å²) in [5, 5.41) is 2.69. The van der Waals surface area contributed by atoms with Gasteiger partial charge >= 0.3 is 12.1 Å². The molecule has 0 aliphatic heterocycles. The second kappa shape index (κ2) is 8.91. The van der Waals surface area contributed by atoms with Crippen molar-refractivity contribution in [2.75, 3.05) is 13.7 Å². The average Bonchev–Trinajstić information content (AvgIpc) is 2.46. The molecule has 1 atom stereocenters. The van der Waals surface area contributed by atoms with Crippen LogP contribution in [0.15, 0.2) is 28.7 Å². The minimum Gasteiger partial charge on any atom is -0.469 e. The first-order valence-corrected chi connectivity index (χ1v) is 8.33. The molecule has 0 radical (unpaired) electrons. The Balaban J connectivity index is 2.56. The van der Waals surface area contributed by atoms with Gasteiger partial charge in [-0.15, -0.1) is 0 Å². The van der Waals surface area contributed by atoms with Gasteiger partial charge in [0.1, 0.15) is 5.60 Å².